The molecule has 2 aromatic rings. The molecule has 0 aliphatic heterocycles. The first-order valence-electron chi connectivity index (χ1n) is 9.71. The molecule has 7 heteroatoms. The van der Waals surface area contributed by atoms with E-state index in [1.165, 1.54) is 30.3 Å². The Morgan fingerprint density at radius 3 is 2.79 bits per heavy atom. The third kappa shape index (κ3) is 4.82. The molecule has 0 radical (unpaired) electrons. The molecule has 150 valence electrons. The number of carbonyl (C=O) groups excluding carboxylic acids is 1. The smallest absolute Gasteiger partial charge is 0.230 e. The van der Waals surface area contributed by atoms with Gasteiger partial charge in [-0.05, 0) is 42.5 Å². The highest BCUT2D eigenvalue weighted by Crippen LogP contribution is 2.30. The number of hydrogen-bond donors (Lipinski definition) is 1. The van der Waals surface area contributed by atoms with Crippen LogP contribution in [0.2, 0.25) is 0 Å². The molecule has 0 saturated heterocycles. The van der Waals surface area contributed by atoms with Crippen LogP contribution in [0, 0.1) is 17.7 Å². The summed E-state index contributed by atoms with van der Waals surface area (Å²) in [5, 5.41) is 12.3. The molecule has 28 heavy (non-hydrogen) atoms. The minimum absolute atomic E-state index is 0.0208. The molecule has 1 aliphatic carbocycles. The maximum Gasteiger partial charge on any atom is 0.230 e. The Balaban J connectivity index is 1.66. The molecule has 5 nitrogen and oxygen atoms in total. The summed E-state index contributed by atoms with van der Waals surface area (Å²) in [6.45, 7) is 8.78. The average molecular weight is 403 g/mol. The first-order chi connectivity index (χ1) is 13.5. The molecule has 1 aromatic carbocycles. The highest BCUT2D eigenvalue weighted by molar-refractivity contribution is 7.99. The van der Waals surface area contributed by atoms with E-state index in [-0.39, 0.29) is 23.5 Å². The molecule has 1 aromatic heterocycles. The van der Waals surface area contributed by atoms with Crippen molar-refractivity contribution >= 4 is 17.7 Å². The fraction of sp³-hybridized carbons (Fsp3) is 0.476. The summed E-state index contributed by atoms with van der Waals surface area (Å²) in [6.07, 6.45) is 5.20. The molecule has 1 aliphatic rings. The lowest BCUT2D eigenvalue weighted by Gasteiger charge is -2.34. The van der Waals surface area contributed by atoms with E-state index in [4.69, 9.17) is 0 Å². The van der Waals surface area contributed by atoms with Crippen LogP contribution in [0.5, 0.6) is 0 Å². The Labute approximate surface area is 169 Å². The fourth-order valence-electron chi connectivity index (χ4n) is 3.67. The summed E-state index contributed by atoms with van der Waals surface area (Å²) < 4.78 is 15.1. The predicted octanol–water partition coefficient (Wildman–Crippen LogP) is 4.30. The predicted molar refractivity (Wildman–Crippen MR) is 110 cm³/mol. The van der Waals surface area contributed by atoms with Crippen molar-refractivity contribution in [3.63, 3.8) is 0 Å². The van der Waals surface area contributed by atoms with Gasteiger partial charge in [-0.1, -0.05) is 44.5 Å². The van der Waals surface area contributed by atoms with Gasteiger partial charge in [0.2, 0.25) is 5.91 Å². The zero-order valence-electron chi connectivity index (χ0n) is 16.4. The first-order valence-corrected chi connectivity index (χ1v) is 10.7. The Hall–Kier alpha value is -2.15. The van der Waals surface area contributed by atoms with E-state index < -0.39 is 0 Å². The summed E-state index contributed by atoms with van der Waals surface area (Å²) in [7, 11) is 0. The van der Waals surface area contributed by atoms with Crippen LogP contribution in [0.15, 0.2) is 42.1 Å². The van der Waals surface area contributed by atoms with Crippen molar-refractivity contribution in [2.75, 3.05) is 5.75 Å². The summed E-state index contributed by atoms with van der Waals surface area (Å²) in [5.74, 6) is 1.79. The number of aromatic nitrogens is 3. The third-order valence-corrected chi connectivity index (χ3v) is 6.48. The van der Waals surface area contributed by atoms with E-state index in [9.17, 15) is 9.18 Å². The van der Waals surface area contributed by atoms with Gasteiger partial charge in [-0.25, -0.2) is 4.39 Å². The van der Waals surface area contributed by atoms with Crippen molar-refractivity contribution in [1.82, 2.24) is 20.1 Å². The van der Waals surface area contributed by atoms with Gasteiger partial charge in [0.1, 0.15) is 5.82 Å². The number of thioether (sulfide) groups is 1. The van der Waals surface area contributed by atoms with Crippen LogP contribution in [0.4, 0.5) is 4.39 Å². The Kier molecular flexibility index (Phi) is 6.88. The van der Waals surface area contributed by atoms with Crippen LogP contribution in [-0.4, -0.2) is 32.5 Å². The van der Waals surface area contributed by atoms with Crippen LogP contribution >= 0.6 is 11.8 Å². The second-order valence-corrected chi connectivity index (χ2v) is 8.38. The number of hydrogen-bond acceptors (Lipinski definition) is 4. The molecule has 1 amide bonds. The standard InChI is InChI=1S/C21H27FN4OS/c1-4-12-26-20(16-8-10-17(22)11-9-16)24-25-21(26)28-13-19(27)23-18-7-5-6-14(2)15(18)3/h4,8-11,14-15,18H,1,5-7,12-13H2,2-3H3,(H,23,27)/t14-,15-,18-/m1/s1. The zero-order chi connectivity index (χ0) is 20.1. The van der Waals surface area contributed by atoms with E-state index >= 15 is 0 Å². The second-order valence-electron chi connectivity index (χ2n) is 7.44. The number of nitrogens with zero attached hydrogens (tertiary/aromatic N) is 3. The monoisotopic (exact) mass is 402 g/mol. The van der Waals surface area contributed by atoms with Crippen molar-refractivity contribution in [2.24, 2.45) is 11.8 Å². The summed E-state index contributed by atoms with van der Waals surface area (Å²) in [4.78, 5) is 12.5. The van der Waals surface area contributed by atoms with E-state index in [0.717, 1.165) is 18.4 Å². The number of amides is 1. The second kappa shape index (κ2) is 9.37. The quantitative estimate of drug-likeness (QED) is 0.554. The van der Waals surface area contributed by atoms with Gasteiger partial charge in [-0.2, -0.15) is 0 Å². The number of nitrogens with one attached hydrogen (secondary N) is 1. The minimum atomic E-state index is -0.295. The van der Waals surface area contributed by atoms with Crippen LogP contribution in [0.1, 0.15) is 33.1 Å². The van der Waals surface area contributed by atoms with Crippen molar-refractivity contribution < 1.29 is 9.18 Å². The fourth-order valence-corrected chi connectivity index (χ4v) is 4.42. The molecular weight excluding hydrogens is 375 g/mol. The maximum atomic E-state index is 13.2. The van der Waals surface area contributed by atoms with Crippen molar-refractivity contribution in [3.8, 4) is 11.4 Å². The van der Waals surface area contributed by atoms with Gasteiger partial charge in [-0.15, -0.1) is 16.8 Å². The lowest BCUT2D eigenvalue weighted by Crippen LogP contribution is -2.44. The lowest BCUT2D eigenvalue weighted by atomic mass is 9.78. The van der Waals surface area contributed by atoms with E-state index in [0.29, 0.717) is 29.4 Å². The third-order valence-electron chi connectivity index (χ3n) is 5.52. The van der Waals surface area contributed by atoms with Gasteiger partial charge in [0.15, 0.2) is 11.0 Å². The molecule has 0 bridgehead atoms. The number of carbonyl (C=O) groups is 1. The van der Waals surface area contributed by atoms with Crippen molar-refractivity contribution in [3.05, 3.63) is 42.7 Å². The first kappa shape index (κ1) is 20.6. The highest BCUT2D eigenvalue weighted by atomic mass is 32.2. The van der Waals surface area contributed by atoms with Crippen molar-refractivity contribution in [2.45, 2.75) is 50.9 Å². The largest absolute Gasteiger partial charge is 0.352 e. The van der Waals surface area contributed by atoms with Gasteiger partial charge in [-0.3, -0.25) is 9.36 Å². The number of allylic oxidation sites excluding steroid dienone is 1. The van der Waals surface area contributed by atoms with Gasteiger partial charge in [0, 0.05) is 18.2 Å². The lowest BCUT2D eigenvalue weighted by molar-refractivity contribution is -0.120. The van der Waals surface area contributed by atoms with Gasteiger partial charge in [0.05, 0.1) is 5.75 Å². The van der Waals surface area contributed by atoms with E-state index in [2.05, 4.69) is 35.9 Å². The average Bonchev–Trinajstić information content (AvgIpc) is 3.07. The zero-order valence-corrected chi connectivity index (χ0v) is 17.2. The number of rotatable bonds is 7. The molecule has 0 spiro atoms. The molecule has 1 fully saturated rings. The van der Waals surface area contributed by atoms with Crippen LogP contribution in [0.3, 0.4) is 0 Å². The molecule has 1 saturated carbocycles. The molecule has 1 heterocycles. The number of benzene rings is 1. The summed E-state index contributed by atoms with van der Waals surface area (Å²) in [5.41, 5.74) is 0.775. The van der Waals surface area contributed by atoms with Gasteiger partial charge < -0.3 is 5.32 Å². The van der Waals surface area contributed by atoms with Crippen LogP contribution < -0.4 is 5.32 Å². The maximum absolute atomic E-state index is 13.2. The molecular formula is C21H27FN4OS. The summed E-state index contributed by atoms with van der Waals surface area (Å²) >= 11 is 1.36. The molecule has 0 unspecified atom stereocenters. The Morgan fingerprint density at radius 2 is 2.07 bits per heavy atom. The number of halogens is 1. The topological polar surface area (TPSA) is 59.8 Å². The van der Waals surface area contributed by atoms with Gasteiger partial charge in [0.25, 0.3) is 0 Å². The normalized spacial score (nSPS) is 22.0. The molecule has 3 rings (SSSR count). The van der Waals surface area contributed by atoms with E-state index in [1.54, 1.807) is 18.2 Å². The van der Waals surface area contributed by atoms with Crippen LogP contribution in [-0.2, 0) is 11.3 Å². The Morgan fingerprint density at radius 1 is 1.32 bits per heavy atom. The SMILES string of the molecule is C=CCn1c(SCC(=O)N[C@@H]2CCC[C@@H](C)[C@H]2C)nnc1-c1ccc(F)cc1. The van der Waals surface area contributed by atoms with Crippen LogP contribution in [0.25, 0.3) is 11.4 Å². The minimum Gasteiger partial charge on any atom is -0.352 e. The Bertz CT molecular complexity index is 820. The van der Waals surface area contributed by atoms with Gasteiger partial charge >= 0.3 is 0 Å². The highest BCUT2D eigenvalue weighted by Gasteiger charge is 2.28. The molecule has 1 N–H and O–H groups in total. The van der Waals surface area contributed by atoms with Crippen molar-refractivity contribution in [1.29, 1.82) is 0 Å². The van der Waals surface area contributed by atoms with E-state index in [1.807, 2.05) is 4.57 Å². The summed E-state index contributed by atoms with van der Waals surface area (Å²) in [6, 6.07) is 6.39. The molecule has 3 atom stereocenters.